The summed E-state index contributed by atoms with van der Waals surface area (Å²) in [6, 6.07) is 6.96. The number of halogens is 1. The highest BCUT2D eigenvalue weighted by atomic mass is 127. The van der Waals surface area contributed by atoms with Crippen LogP contribution in [0.4, 0.5) is 0 Å². The molecule has 10 heteroatoms. The third-order valence-corrected chi connectivity index (χ3v) is 5.61. The average Bonchev–Trinajstić information content (AvgIpc) is 2.75. The number of carbonyl (C=O) groups excluding carboxylic acids is 3. The summed E-state index contributed by atoms with van der Waals surface area (Å²) in [5.74, 6) is -0.673. The first kappa shape index (κ1) is 27.2. The van der Waals surface area contributed by atoms with Crippen molar-refractivity contribution >= 4 is 40.5 Å². The minimum atomic E-state index is -1.15. The summed E-state index contributed by atoms with van der Waals surface area (Å²) in [6.07, 6.45) is -1.77. The van der Waals surface area contributed by atoms with Crippen LogP contribution in [-0.4, -0.2) is 59.6 Å². The first-order valence-corrected chi connectivity index (χ1v) is 12.4. The van der Waals surface area contributed by atoms with Gasteiger partial charge in [0.2, 0.25) is 12.4 Å². The number of ether oxygens (including phenoxy) is 6. The van der Waals surface area contributed by atoms with Crippen LogP contribution >= 0.6 is 22.6 Å². The molecule has 9 nitrogen and oxygen atoms in total. The van der Waals surface area contributed by atoms with Gasteiger partial charge in [-0.25, -0.2) is 0 Å². The van der Waals surface area contributed by atoms with Crippen LogP contribution in [0.5, 0.6) is 11.5 Å². The summed E-state index contributed by atoms with van der Waals surface area (Å²) in [7, 11) is 0. The fraction of sp³-hybridized carbons (Fsp3) is 0.609. The lowest BCUT2D eigenvalue weighted by molar-refractivity contribution is -0.279. The van der Waals surface area contributed by atoms with E-state index in [9.17, 15) is 14.4 Å². The third kappa shape index (κ3) is 8.65. The quantitative estimate of drug-likeness (QED) is 0.128. The van der Waals surface area contributed by atoms with Crippen molar-refractivity contribution in [2.24, 2.45) is 0 Å². The zero-order chi connectivity index (χ0) is 24.4. The molecule has 1 saturated heterocycles. The van der Waals surface area contributed by atoms with Crippen molar-refractivity contribution in [3.05, 3.63) is 24.3 Å². The number of benzene rings is 1. The molecule has 0 aromatic heterocycles. The van der Waals surface area contributed by atoms with Crippen molar-refractivity contribution in [3.8, 4) is 11.5 Å². The molecule has 0 spiro atoms. The van der Waals surface area contributed by atoms with Crippen molar-refractivity contribution in [2.75, 3.05) is 11.0 Å². The Labute approximate surface area is 207 Å². The van der Waals surface area contributed by atoms with Gasteiger partial charge in [0.25, 0.3) is 0 Å². The van der Waals surface area contributed by atoms with Gasteiger partial charge in [-0.2, -0.15) is 0 Å². The molecule has 5 unspecified atom stereocenters. The van der Waals surface area contributed by atoms with Crippen LogP contribution in [0.3, 0.4) is 0 Å². The highest BCUT2D eigenvalue weighted by molar-refractivity contribution is 14.1. The Morgan fingerprint density at radius 1 is 0.848 bits per heavy atom. The predicted octanol–water partition coefficient (Wildman–Crippen LogP) is 3.59. The number of esters is 3. The smallest absolute Gasteiger partial charge is 0.303 e. The second kappa shape index (κ2) is 13.6. The Hall–Kier alpha value is -2.08. The predicted molar refractivity (Wildman–Crippen MR) is 126 cm³/mol. The fourth-order valence-electron chi connectivity index (χ4n) is 3.36. The molecule has 0 N–H and O–H groups in total. The Balaban J connectivity index is 2.22. The van der Waals surface area contributed by atoms with Gasteiger partial charge in [-0.3, -0.25) is 14.4 Å². The molecule has 0 saturated carbocycles. The van der Waals surface area contributed by atoms with E-state index in [2.05, 4.69) is 29.5 Å². The minimum absolute atomic E-state index is 0.407. The van der Waals surface area contributed by atoms with Gasteiger partial charge in [0.05, 0.1) is 6.61 Å². The van der Waals surface area contributed by atoms with E-state index in [0.29, 0.717) is 22.5 Å². The van der Waals surface area contributed by atoms with Crippen molar-refractivity contribution in [1.82, 2.24) is 0 Å². The van der Waals surface area contributed by atoms with Crippen LogP contribution < -0.4 is 9.47 Å². The molecule has 1 aliphatic heterocycles. The molecule has 5 atom stereocenters. The summed E-state index contributed by atoms with van der Waals surface area (Å²) >= 11 is 2.07. The van der Waals surface area contributed by atoms with E-state index in [1.165, 1.54) is 20.8 Å². The highest BCUT2D eigenvalue weighted by Crippen LogP contribution is 2.31. The summed E-state index contributed by atoms with van der Waals surface area (Å²) in [5, 5.41) is 0. The molecular weight excluding hydrogens is 547 g/mol. The number of hydrogen-bond acceptors (Lipinski definition) is 9. The van der Waals surface area contributed by atoms with Gasteiger partial charge in [0, 0.05) is 25.2 Å². The molecule has 2 rings (SSSR count). The summed E-state index contributed by atoms with van der Waals surface area (Å²) in [6.45, 7) is 6.44. The lowest BCUT2D eigenvalue weighted by atomic mass is 9.99. The Kier molecular flexibility index (Phi) is 11.2. The minimum Gasteiger partial charge on any atom is -0.494 e. The molecule has 1 aromatic rings. The monoisotopic (exact) mass is 578 g/mol. The SMILES string of the molecule is CCCCCOc1ccc(OC2OC(CI)C(OC(C)=O)C(OC(C)=O)C2OC(C)=O)cc1. The Morgan fingerprint density at radius 2 is 1.39 bits per heavy atom. The van der Waals surface area contributed by atoms with Gasteiger partial charge in [0.15, 0.2) is 12.2 Å². The molecule has 1 fully saturated rings. The van der Waals surface area contributed by atoms with Crippen LogP contribution in [-0.2, 0) is 33.3 Å². The van der Waals surface area contributed by atoms with Crippen molar-refractivity contribution in [3.63, 3.8) is 0 Å². The topological polar surface area (TPSA) is 107 Å². The molecule has 0 radical (unpaired) electrons. The van der Waals surface area contributed by atoms with Crippen LogP contribution in [0.2, 0.25) is 0 Å². The lowest BCUT2D eigenvalue weighted by Gasteiger charge is -2.43. The van der Waals surface area contributed by atoms with Crippen molar-refractivity contribution < 1.29 is 42.8 Å². The number of alkyl halides is 1. The van der Waals surface area contributed by atoms with Gasteiger partial charge in [0.1, 0.15) is 17.6 Å². The number of carbonyl (C=O) groups is 3. The largest absolute Gasteiger partial charge is 0.494 e. The van der Waals surface area contributed by atoms with Gasteiger partial charge in [-0.1, -0.05) is 42.4 Å². The summed E-state index contributed by atoms with van der Waals surface area (Å²) in [4.78, 5) is 35.3. The van der Waals surface area contributed by atoms with E-state index < -0.39 is 48.6 Å². The van der Waals surface area contributed by atoms with E-state index >= 15 is 0 Å². The lowest BCUT2D eigenvalue weighted by Crippen LogP contribution is -2.63. The molecular formula is C23H31IO9. The molecule has 0 bridgehead atoms. The van der Waals surface area contributed by atoms with Gasteiger partial charge < -0.3 is 28.4 Å². The zero-order valence-corrected chi connectivity index (χ0v) is 21.4. The van der Waals surface area contributed by atoms with Crippen LogP contribution in [0.15, 0.2) is 24.3 Å². The first-order chi connectivity index (χ1) is 15.7. The average molecular weight is 578 g/mol. The van der Waals surface area contributed by atoms with E-state index in [4.69, 9.17) is 28.4 Å². The van der Waals surface area contributed by atoms with E-state index in [1.807, 2.05) is 0 Å². The maximum absolute atomic E-state index is 11.8. The second-order valence-electron chi connectivity index (χ2n) is 7.56. The molecule has 184 valence electrons. The number of rotatable bonds is 11. The van der Waals surface area contributed by atoms with Crippen molar-refractivity contribution in [2.45, 2.75) is 77.7 Å². The van der Waals surface area contributed by atoms with Crippen LogP contribution in [0.1, 0.15) is 47.0 Å². The zero-order valence-electron chi connectivity index (χ0n) is 19.3. The van der Waals surface area contributed by atoms with Crippen molar-refractivity contribution in [1.29, 1.82) is 0 Å². The molecule has 33 heavy (non-hydrogen) atoms. The molecule has 1 heterocycles. The van der Waals surface area contributed by atoms with Crippen LogP contribution in [0, 0.1) is 0 Å². The standard InChI is InChI=1S/C23H31IO9/c1-5-6-7-12-28-17-8-10-18(11-9-17)32-23-22(31-16(4)27)21(30-15(3)26)20(29-14(2)25)19(13-24)33-23/h8-11,19-23H,5-7,12-13H2,1-4H3. The molecule has 0 aliphatic carbocycles. The highest BCUT2D eigenvalue weighted by Gasteiger charge is 2.52. The van der Waals surface area contributed by atoms with E-state index in [-0.39, 0.29) is 0 Å². The van der Waals surface area contributed by atoms with Crippen LogP contribution in [0.25, 0.3) is 0 Å². The summed E-state index contributed by atoms with van der Waals surface area (Å²) in [5.41, 5.74) is 0. The fourth-order valence-corrected chi connectivity index (χ4v) is 4.07. The van der Waals surface area contributed by atoms with Gasteiger partial charge in [-0.15, -0.1) is 0 Å². The molecule has 1 aromatic carbocycles. The molecule has 1 aliphatic rings. The first-order valence-electron chi connectivity index (χ1n) is 10.9. The molecule has 0 amide bonds. The Bertz CT molecular complexity index is 783. The maximum Gasteiger partial charge on any atom is 0.303 e. The van der Waals surface area contributed by atoms with Gasteiger partial charge >= 0.3 is 17.9 Å². The number of hydrogen-bond donors (Lipinski definition) is 0. The maximum atomic E-state index is 11.8. The Morgan fingerprint density at radius 3 is 1.94 bits per heavy atom. The third-order valence-electron chi connectivity index (χ3n) is 4.74. The van der Waals surface area contributed by atoms with E-state index in [1.54, 1.807) is 24.3 Å². The normalized spacial score (nSPS) is 24.5. The number of unbranched alkanes of at least 4 members (excludes halogenated alkanes) is 2. The second-order valence-corrected chi connectivity index (χ2v) is 8.44. The van der Waals surface area contributed by atoms with Gasteiger partial charge in [-0.05, 0) is 30.7 Å². The van der Waals surface area contributed by atoms with E-state index in [0.717, 1.165) is 19.3 Å². The summed E-state index contributed by atoms with van der Waals surface area (Å²) < 4.78 is 34.3.